The molecule has 1 aromatic rings. The molecule has 0 saturated carbocycles. The number of sulfonamides is 1. The van der Waals surface area contributed by atoms with Gasteiger partial charge in [-0.15, -0.1) is 0 Å². The molecule has 0 atom stereocenters. The van der Waals surface area contributed by atoms with Crippen molar-refractivity contribution in [3.05, 3.63) is 28.3 Å². The van der Waals surface area contributed by atoms with Gasteiger partial charge in [-0.1, -0.05) is 0 Å². The third kappa shape index (κ3) is 3.96. The first-order valence-electron chi connectivity index (χ1n) is 7.11. The quantitative estimate of drug-likeness (QED) is 0.442. The maximum absolute atomic E-state index is 12.6. The van der Waals surface area contributed by atoms with E-state index in [1.54, 1.807) is 7.11 Å². The summed E-state index contributed by atoms with van der Waals surface area (Å²) in [7, 11) is -2.14. The minimum Gasteiger partial charge on any atom is -0.393 e. The van der Waals surface area contributed by atoms with Crippen LogP contribution in [0.25, 0.3) is 0 Å². The van der Waals surface area contributed by atoms with Crippen molar-refractivity contribution in [2.45, 2.75) is 4.90 Å². The highest BCUT2D eigenvalue weighted by molar-refractivity contribution is 7.89. The molecule has 1 saturated heterocycles. The number of hydrogen-bond acceptors (Lipinski definition) is 7. The average molecular weight is 344 g/mol. The lowest BCUT2D eigenvalue weighted by Crippen LogP contribution is -2.49. The van der Waals surface area contributed by atoms with Crippen molar-refractivity contribution >= 4 is 21.4 Å². The third-order valence-electron chi connectivity index (χ3n) is 3.78. The highest BCUT2D eigenvalue weighted by atomic mass is 32.2. The number of benzene rings is 1. The zero-order valence-corrected chi connectivity index (χ0v) is 13.7. The van der Waals surface area contributed by atoms with E-state index in [0.717, 1.165) is 12.6 Å². The molecular weight excluding hydrogens is 324 g/mol. The second kappa shape index (κ2) is 7.21. The van der Waals surface area contributed by atoms with Crippen molar-refractivity contribution in [1.29, 1.82) is 0 Å². The molecule has 23 heavy (non-hydrogen) atoms. The predicted octanol–water partition coefficient (Wildman–Crippen LogP) is 0.130. The summed E-state index contributed by atoms with van der Waals surface area (Å²) in [5.41, 5.74) is 5.05. The molecule has 128 valence electrons. The summed E-state index contributed by atoms with van der Waals surface area (Å²) in [6, 6.07) is 3.57. The van der Waals surface area contributed by atoms with Gasteiger partial charge in [0.15, 0.2) is 0 Å². The fourth-order valence-corrected chi connectivity index (χ4v) is 3.85. The van der Waals surface area contributed by atoms with Crippen LogP contribution in [0.3, 0.4) is 0 Å². The van der Waals surface area contributed by atoms with Crippen LogP contribution in [0.5, 0.6) is 0 Å². The Kier molecular flexibility index (Phi) is 5.52. The molecular formula is C13H20N4O5S. The zero-order chi connectivity index (χ0) is 17.0. The molecule has 0 bridgehead atoms. The summed E-state index contributed by atoms with van der Waals surface area (Å²) in [4.78, 5) is 12.2. The maximum Gasteiger partial charge on any atom is 0.293 e. The summed E-state index contributed by atoms with van der Waals surface area (Å²) < 4.78 is 31.6. The third-order valence-corrected chi connectivity index (χ3v) is 5.67. The minimum atomic E-state index is -3.76. The van der Waals surface area contributed by atoms with E-state index >= 15 is 0 Å². The normalized spacial score (nSPS) is 17.3. The number of piperazine rings is 1. The van der Waals surface area contributed by atoms with E-state index in [2.05, 4.69) is 4.90 Å². The number of nitro benzene ring substituents is 1. The van der Waals surface area contributed by atoms with E-state index < -0.39 is 20.6 Å². The first kappa shape index (κ1) is 17.6. The van der Waals surface area contributed by atoms with Gasteiger partial charge in [-0.25, -0.2) is 8.42 Å². The van der Waals surface area contributed by atoms with Crippen LogP contribution in [0, 0.1) is 10.1 Å². The van der Waals surface area contributed by atoms with Crippen LogP contribution in [0.15, 0.2) is 23.1 Å². The van der Waals surface area contributed by atoms with Crippen LogP contribution in [0.1, 0.15) is 0 Å². The molecule has 1 fully saturated rings. The Bertz CT molecular complexity index is 671. The Morgan fingerprint density at radius 1 is 1.30 bits per heavy atom. The van der Waals surface area contributed by atoms with Crippen molar-refractivity contribution in [2.75, 3.05) is 52.2 Å². The molecule has 0 aromatic heterocycles. The number of nitrogen functional groups attached to an aromatic ring is 1. The van der Waals surface area contributed by atoms with Crippen molar-refractivity contribution in [3.8, 4) is 0 Å². The zero-order valence-electron chi connectivity index (χ0n) is 12.8. The number of methoxy groups -OCH3 is 1. The maximum atomic E-state index is 12.6. The van der Waals surface area contributed by atoms with Crippen LogP contribution in [0.2, 0.25) is 0 Å². The van der Waals surface area contributed by atoms with Crippen molar-refractivity contribution < 1.29 is 18.1 Å². The monoisotopic (exact) mass is 344 g/mol. The van der Waals surface area contributed by atoms with Crippen molar-refractivity contribution in [2.24, 2.45) is 0 Å². The standard InChI is InChI=1S/C13H20N4O5S/c1-22-9-8-15-4-6-16(7-5-15)23(20,21)11-2-3-12(14)13(10-11)17(18)19/h2-3,10H,4-9,14H2,1H3. The number of anilines is 1. The first-order valence-corrected chi connectivity index (χ1v) is 8.55. The fraction of sp³-hybridized carbons (Fsp3) is 0.538. The Hall–Kier alpha value is -1.75. The molecule has 1 aliphatic heterocycles. The lowest BCUT2D eigenvalue weighted by Gasteiger charge is -2.33. The summed E-state index contributed by atoms with van der Waals surface area (Å²) in [5.74, 6) is 0. The number of ether oxygens (including phenoxy) is 1. The number of nitrogens with zero attached hydrogens (tertiary/aromatic N) is 3. The molecule has 1 heterocycles. The van der Waals surface area contributed by atoms with Gasteiger partial charge in [-0.05, 0) is 12.1 Å². The minimum absolute atomic E-state index is 0.0571. The van der Waals surface area contributed by atoms with E-state index in [0.29, 0.717) is 32.8 Å². The van der Waals surface area contributed by atoms with Crippen molar-refractivity contribution in [1.82, 2.24) is 9.21 Å². The molecule has 10 heteroatoms. The largest absolute Gasteiger partial charge is 0.393 e. The van der Waals surface area contributed by atoms with Crippen LogP contribution in [0.4, 0.5) is 11.4 Å². The smallest absolute Gasteiger partial charge is 0.293 e. The van der Waals surface area contributed by atoms with Gasteiger partial charge in [0.1, 0.15) is 5.69 Å². The second-order valence-electron chi connectivity index (χ2n) is 5.22. The molecule has 0 amide bonds. The van der Waals surface area contributed by atoms with Gasteiger partial charge in [-0.2, -0.15) is 4.31 Å². The van der Waals surface area contributed by atoms with Gasteiger partial charge < -0.3 is 10.5 Å². The van der Waals surface area contributed by atoms with Gasteiger partial charge in [0, 0.05) is 45.9 Å². The van der Waals surface area contributed by atoms with E-state index in [1.807, 2.05) is 0 Å². The van der Waals surface area contributed by atoms with Crippen LogP contribution in [-0.4, -0.2) is 69.0 Å². The molecule has 0 radical (unpaired) electrons. The molecule has 2 rings (SSSR count). The second-order valence-corrected chi connectivity index (χ2v) is 7.15. The number of nitro groups is 1. The topological polar surface area (TPSA) is 119 Å². The number of hydrogen-bond donors (Lipinski definition) is 1. The van der Waals surface area contributed by atoms with E-state index in [-0.39, 0.29) is 10.6 Å². The lowest BCUT2D eigenvalue weighted by atomic mass is 10.3. The average Bonchev–Trinajstić information content (AvgIpc) is 2.53. The molecule has 1 aromatic carbocycles. The van der Waals surface area contributed by atoms with Gasteiger partial charge >= 0.3 is 0 Å². The highest BCUT2D eigenvalue weighted by Gasteiger charge is 2.30. The van der Waals surface area contributed by atoms with Crippen molar-refractivity contribution in [3.63, 3.8) is 0 Å². The summed E-state index contributed by atoms with van der Waals surface area (Å²) in [5, 5.41) is 10.9. The van der Waals surface area contributed by atoms with Crippen LogP contribution in [-0.2, 0) is 14.8 Å². The van der Waals surface area contributed by atoms with Crippen LogP contribution < -0.4 is 5.73 Å². The van der Waals surface area contributed by atoms with Gasteiger partial charge in [-0.3, -0.25) is 15.0 Å². The molecule has 1 aliphatic rings. The van der Waals surface area contributed by atoms with E-state index in [1.165, 1.54) is 16.4 Å². The van der Waals surface area contributed by atoms with Gasteiger partial charge in [0.2, 0.25) is 10.0 Å². The molecule has 0 spiro atoms. The molecule has 2 N–H and O–H groups in total. The summed E-state index contributed by atoms with van der Waals surface area (Å²) in [6.07, 6.45) is 0. The van der Waals surface area contributed by atoms with Crippen LogP contribution >= 0.6 is 0 Å². The number of nitrogens with two attached hydrogens (primary N) is 1. The summed E-state index contributed by atoms with van der Waals surface area (Å²) in [6.45, 7) is 3.21. The first-order chi connectivity index (χ1) is 10.9. The fourth-order valence-electron chi connectivity index (χ4n) is 2.40. The highest BCUT2D eigenvalue weighted by Crippen LogP contribution is 2.27. The number of rotatable bonds is 6. The Morgan fingerprint density at radius 3 is 2.52 bits per heavy atom. The Labute approximate surface area is 134 Å². The summed E-state index contributed by atoms with van der Waals surface area (Å²) >= 11 is 0. The Balaban J connectivity index is 2.14. The molecule has 0 aliphatic carbocycles. The van der Waals surface area contributed by atoms with Gasteiger partial charge in [0.25, 0.3) is 5.69 Å². The molecule has 0 unspecified atom stereocenters. The predicted molar refractivity (Wildman–Crippen MR) is 84.6 cm³/mol. The SMILES string of the molecule is COCCN1CCN(S(=O)(=O)c2ccc(N)c([N+](=O)[O-])c2)CC1. The van der Waals surface area contributed by atoms with E-state index in [9.17, 15) is 18.5 Å². The van der Waals surface area contributed by atoms with Gasteiger partial charge in [0.05, 0.1) is 16.4 Å². The Morgan fingerprint density at radius 2 is 1.96 bits per heavy atom. The molecule has 9 nitrogen and oxygen atoms in total. The van der Waals surface area contributed by atoms with E-state index in [4.69, 9.17) is 10.5 Å². The lowest BCUT2D eigenvalue weighted by molar-refractivity contribution is -0.384.